The zero-order valence-corrected chi connectivity index (χ0v) is 83.2. The Morgan fingerprint density at radius 2 is 0.691 bits per heavy atom. The van der Waals surface area contributed by atoms with E-state index in [2.05, 4.69) is 82.2 Å². The molecular weight excluding hydrogens is 1740 g/mol. The third-order valence-corrected chi connectivity index (χ3v) is 43.1. The number of ketones is 9. The van der Waals surface area contributed by atoms with Gasteiger partial charge in [0.1, 0.15) is 52.0 Å². The van der Waals surface area contributed by atoms with E-state index in [9.17, 15) is 63.7 Å². The Labute approximate surface area is 816 Å². The topological polar surface area (TPSA) is 386 Å². The Kier molecular flexibility index (Phi) is 33.8. The molecule has 22 rings (SSSR count). The van der Waals surface area contributed by atoms with Crippen molar-refractivity contribution in [1.82, 2.24) is 0 Å². The van der Waals surface area contributed by atoms with Gasteiger partial charge < -0.3 is 44.1 Å². The first-order valence-corrected chi connectivity index (χ1v) is 54.3. The zero-order chi connectivity index (χ0) is 95.2. The van der Waals surface area contributed by atoms with Crippen LogP contribution < -0.4 is 0 Å². The van der Waals surface area contributed by atoms with Crippen LogP contribution in [0.25, 0.3) is 0 Å². The summed E-state index contributed by atoms with van der Waals surface area (Å²) in [6, 6.07) is 2.52. The van der Waals surface area contributed by atoms with E-state index in [-0.39, 0.29) is 133 Å². The van der Waals surface area contributed by atoms with Gasteiger partial charge in [-0.25, -0.2) is 0 Å². The zero-order valence-electron chi connectivity index (χ0n) is 82.4. The van der Waals surface area contributed by atoms with Crippen molar-refractivity contribution >= 4 is 62.4 Å². The Morgan fingerprint density at radius 1 is 0.360 bits per heavy atom. The Morgan fingerprint density at radius 3 is 1.08 bits per heavy atom. The monoisotopic (exact) mass is 1920 g/mol. The normalized spacial score (nSPS) is 49.6. The van der Waals surface area contributed by atoms with E-state index in [0.29, 0.717) is 244 Å². The lowest BCUT2D eigenvalue weighted by Gasteiger charge is -2.60. The van der Waals surface area contributed by atoms with Crippen molar-refractivity contribution < 1.29 is 105 Å². The summed E-state index contributed by atoms with van der Waals surface area (Å²) in [7, 11) is -4.67. The number of carbonyl (C=O) groups is 9. The maximum Gasteiger partial charge on any atom is 0.394 e. The molecule has 0 unspecified atom stereocenters. The van der Waals surface area contributed by atoms with Crippen molar-refractivity contribution in [3.05, 3.63) is 0 Å². The van der Waals surface area contributed by atoms with Crippen molar-refractivity contribution in [3.63, 3.8) is 0 Å². The fourth-order valence-electron chi connectivity index (χ4n) is 36.7. The van der Waals surface area contributed by atoms with Gasteiger partial charge in [-0.15, -0.1) is 0 Å². The summed E-state index contributed by atoms with van der Waals surface area (Å²) in [6.07, 6.45) is 35.4. The average molecular weight is 1930 g/mol. The van der Waals surface area contributed by atoms with Crippen molar-refractivity contribution in [2.24, 2.45) is 178 Å². The predicted molar refractivity (Wildman–Crippen MR) is 521 cm³/mol. The molecule has 20 aliphatic carbocycles. The number of carbonyl (C=O) groups excluding carboxylic acids is 9. The van der Waals surface area contributed by atoms with Gasteiger partial charge in [-0.2, -0.15) is 13.7 Å². The molecule has 0 aromatic heterocycles. The number of aliphatic hydroxyl groups excluding tert-OH is 4. The SMILES string of the molecule is C.C.C.C.CCCO.CCCO[C@H]1C[C@@]2(C)[C@@H](CC[C@@H]3[C@@H]2C(=O)C[C@]2(C)C(=O)CC[C@@H]32)C[C@@H]1O.CCCO[C@H]1C[C@@]2(C)[C@@H](CC[C@H]3[C@@H]4CC[C@H](C#N)[C@@]4(C)CC(=O)[C@@H]32)C[C@@H]1O.CCCO[C@H]1[C@H](O)CC[C@@]2(C)[C@H]1CC[C@@H]1[C@@H]2C(=O)C[C@]2(C)C(=O)CC[C@@H]12.C[C@]12CC[C@H]3O[C@H]3[C@@H]1CC[C@@H]1[C@@H]2C(=O)C[C@]2(C)C(=O)CC[C@@H]12.C[C@]12C[C@H]3O[C@H]3C[C@@H]1CC[C@@H]1[C@@H]2C(=O)C[C@]2(C)C(=O)CC[C@@H]12.O=S(=O)(O)O. The van der Waals surface area contributed by atoms with Gasteiger partial charge in [0.05, 0.1) is 73.0 Å². The molecule has 20 saturated carbocycles. The van der Waals surface area contributed by atoms with Crippen LogP contribution in [0.15, 0.2) is 0 Å². The number of fused-ring (bicyclic) bond motifs is 28. The number of Topliss-reactive ketones (excluding diaryl/α,β-unsaturated/α-hetero) is 9. The van der Waals surface area contributed by atoms with Gasteiger partial charge in [-0.05, 0) is 314 Å². The fourth-order valence-corrected chi connectivity index (χ4v) is 36.7. The molecule has 136 heavy (non-hydrogen) atoms. The molecule has 6 N–H and O–H groups in total. The van der Waals surface area contributed by atoms with Crippen LogP contribution in [0.1, 0.15) is 377 Å². The molecule has 0 radical (unpaired) electrons. The van der Waals surface area contributed by atoms with E-state index in [1.165, 1.54) is 19.3 Å². The molecule has 0 amide bonds. The smallest absolute Gasteiger partial charge is 0.394 e. The van der Waals surface area contributed by atoms with Gasteiger partial charge in [0, 0.05) is 135 Å². The van der Waals surface area contributed by atoms with E-state index >= 15 is 0 Å². The second-order valence-corrected chi connectivity index (χ2v) is 50.6. The highest BCUT2D eigenvalue weighted by Crippen LogP contribution is 2.73. The molecule has 0 spiro atoms. The Bertz CT molecular complexity index is 4380. The maximum absolute atomic E-state index is 13.5. The van der Waals surface area contributed by atoms with Crippen LogP contribution in [0.5, 0.6) is 0 Å². The first-order valence-electron chi connectivity index (χ1n) is 53.0. The predicted octanol–water partition coefficient (Wildman–Crippen LogP) is 19.8. The Hall–Kier alpha value is -3.97. The first kappa shape index (κ1) is 111. The minimum absolute atomic E-state index is 0. The second kappa shape index (κ2) is 41.5. The molecule has 2 heterocycles. The van der Waals surface area contributed by atoms with E-state index in [0.717, 1.165) is 173 Å². The van der Waals surface area contributed by atoms with Gasteiger partial charge in [0.15, 0.2) is 0 Å². The highest BCUT2D eigenvalue weighted by atomic mass is 32.3. The number of aliphatic hydroxyl groups is 4. The maximum atomic E-state index is 13.5. The lowest BCUT2D eigenvalue weighted by Crippen LogP contribution is -2.61. The van der Waals surface area contributed by atoms with Crippen molar-refractivity contribution in [1.29, 1.82) is 5.26 Å². The summed E-state index contributed by atoms with van der Waals surface area (Å²) in [5.74, 6) is 10.2. The van der Waals surface area contributed by atoms with E-state index in [4.69, 9.17) is 46.3 Å². The highest BCUT2D eigenvalue weighted by Gasteiger charge is 2.73. The Balaban J connectivity index is 0.000000148. The molecule has 772 valence electrons. The second-order valence-electron chi connectivity index (χ2n) is 49.7. The number of hydrogen-bond acceptors (Lipinski definition) is 21. The number of hydrogen-bond donors (Lipinski definition) is 6. The third-order valence-electron chi connectivity index (χ3n) is 43.1. The molecule has 2 aliphatic heterocycles. The van der Waals surface area contributed by atoms with Gasteiger partial charge in [-0.1, -0.05) is 127 Å². The summed E-state index contributed by atoms with van der Waals surface area (Å²) in [5, 5.41) is 49.3. The minimum Gasteiger partial charge on any atom is -0.396 e. The van der Waals surface area contributed by atoms with Crippen molar-refractivity contribution in [2.75, 3.05) is 26.4 Å². The molecule has 23 nitrogen and oxygen atoms in total. The van der Waals surface area contributed by atoms with Crippen LogP contribution in [-0.4, -0.2) is 177 Å². The molecule has 2 saturated heterocycles. The van der Waals surface area contributed by atoms with E-state index < -0.39 is 39.5 Å². The fraction of sp³-hybridized carbons (Fsp3) is 0.911. The van der Waals surface area contributed by atoms with Crippen LogP contribution in [0.2, 0.25) is 0 Å². The lowest BCUT2D eigenvalue weighted by molar-refractivity contribution is -0.190. The number of rotatable bonds is 10. The van der Waals surface area contributed by atoms with Gasteiger partial charge in [0.2, 0.25) is 0 Å². The summed E-state index contributed by atoms with van der Waals surface area (Å²) in [6.45, 7) is 32.6. The molecule has 0 aromatic rings. The third kappa shape index (κ3) is 19.1. The van der Waals surface area contributed by atoms with Crippen LogP contribution in [0.3, 0.4) is 0 Å². The van der Waals surface area contributed by atoms with Crippen molar-refractivity contribution in [2.45, 2.75) is 438 Å². The summed E-state index contributed by atoms with van der Waals surface area (Å²) in [5.41, 5.74) is -1.61. The molecule has 22 fully saturated rings. The first-order chi connectivity index (χ1) is 62.3. The number of nitrogens with zero attached hydrogens (tertiary/aromatic N) is 1. The molecular formula is C112H181NO22S. The molecule has 24 heteroatoms. The molecule has 0 aromatic carbocycles. The van der Waals surface area contributed by atoms with Crippen LogP contribution in [-0.2, 0) is 77.2 Å². The highest BCUT2D eigenvalue weighted by molar-refractivity contribution is 7.79. The van der Waals surface area contributed by atoms with E-state index in [1.807, 2.05) is 20.8 Å². The number of nitriles is 1. The quantitative estimate of drug-likeness (QED) is 0.0874. The average Bonchev–Trinajstić information content (AvgIpc) is 1.51. The van der Waals surface area contributed by atoms with E-state index in [1.54, 1.807) is 0 Å². The molecule has 22 aliphatic rings. The van der Waals surface area contributed by atoms with Crippen LogP contribution >= 0.6 is 0 Å². The molecule has 41 atom stereocenters. The van der Waals surface area contributed by atoms with Crippen LogP contribution in [0, 0.1) is 190 Å². The largest absolute Gasteiger partial charge is 0.396 e. The van der Waals surface area contributed by atoms with Gasteiger partial charge >= 0.3 is 10.4 Å². The van der Waals surface area contributed by atoms with Crippen LogP contribution in [0.4, 0.5) is 0 Å². The van der Waals surface area contributed by atoms with Gasteiger partial charge in [0.25, 0.3) is 0 Å². The summed E-state index contributed by atoms with van der Waals surface area (Å²) in [4.78, 5) is 116. The number of epoxide rings is 2. The van der Waals surface area contributed by atoms with Crippen molar-refractivity contribution in [3.8, 4) is 6.07 Å². The lowest BCUT2D eigenvalue weighted by atomic mass is 9.44. The standard InChI is InChI=1S/C23H35NO3.2C22H34O4.2C19H26O3.C3H8O.4CH4.H2O4S/c1-4-9-27-20-12-23(3)14(10-18(20)25)5-7-16-17-8-6-15(13-24)22(17,2)11-19(26)21(16)23;1-4-11-26-20-15-6-5-13-14-7-8-18(25)22(14,3)12-17(24)19(13)21(15,2)10-9-16(20)23;1-4-9-26-18-12-21(2)13(10-16(18)23)5-6-14-15-7-8-19(25)22(15,3)11-17(24)20(14)21;1-18-9-15-14(22-15)7-10(18)3-4-11-12-5-6-16(21)19(12,2)8-13(20)17(11)18;1-18-8-7-14-17(22-14)12(18)4-3-10-11-5-6-15(21)19(11,2)9-13(20)16(10)18;1-2-3-4;;;;;1-5(2,3)4/h14-18,20-21,25H,4-12H2,1-3H3;13-16,19-20,23H,4-12H2,1-3H3;13-16,18,20,23H,4-12H2,1-3H3;10-12,14-15,17H,3-9H2,1-2H3;10-12,14,16-17H,3-9H2,1-2H3;4H,2-3H2,1H3;4*1H4;(H2,1,2,3,4)/t14-,15+,16-,17-,18-,20-,21+,22+,23-;13-,14-,15-,16+,19+,20+,21-,22-;13-,14-,15-,16-,18-,20+,21-,22-;10-,11-,12-,14-,15+,17+,18-,19-;10-,11-,12-,14+,16+,17-,18-,19-;;;;;;/m00000....../s1. The summed E-state index contributed by atoms with van der Waals surface area (Å²) >= 11 is 0. The summed E-state index contributed by atoms with van der Waals surface area (Å²) < 4.78 is 61.4. The van der Waals surface area contributed by atoms with Gasteiger partial charge in [-0.3, -0.25) is 52.3 Å². The molecule has 0 bridgehead atoms. The minimum atomic E-state index is -4.67. The number of ether oxygens (including phenoxy) is 5.